The van der Waals surface area contributed by atoms with Crippen molar-refractivity contribution in [1.29, 1.82) is 0 Å². The van der Waals surface area contributed by atoms with Crippen molar-refractivity contribution in [2.24, 2.45) is 10.1 Å². The van der Waals surface area contributed by atoms with Gasteiger partial charge in [0.05, 0.1) is 0 Å². The smallest absolute Gasteiger partial charge is 0.329 e. The van der Waals surface area contributed by atoms with E-state index >= 15 is 0 Å². The quantitative estimate of drug-likeness (QED) is 0.584. The molecule has 1 amide bonds. The normalized spacial score (nSPS) is 11.7. The van der Waals surface area contributed by atoms with Crippen LogP contribution < -0.4 is 5.73 Å². The van der Waals surface area contributed by atoms with Gasteiger partial charge < -0.3 is 10.8 Å². The number of aliphatic carboxylic acids is 1. The topological polar surface area (TPSA) is 127 Å². The van der Waals surface area contributed by atoms with Crippen LogP contribution in [-0.4, -0.2) is 31.4 Å². The van der Waals surface area contributed by atoms with Crippen molar-refractivity contribution in [2.75, 3.05) is 0 Å². The van der Waals surface area contributed by atoms with Gasteiger partial charge in [-0.25, -0.2) is 4.79 Å². The molecule has 74 valence electrons. The van der Waals surface area contributed by atoms with Crippen LogP contribution in [0.5, 0.6) is 0 Å². The lowest BCUT2D eigenvalue weighted by Crippen LogP contribution is -2.21. The third-order valence-electron chi connectivity index (χ3n) is 1.16. The molecule has 1 atom stereocenters. The largest absolute Gasteiger partial charge is 0.480 e. The Morgan fingerprint density at radius 1 is 1.46 bits per heavy atom. The Morgan fingerprint density at radius 2 is 2.00 bits per heavy atom. The number of primary amides is 1. The molecule has 0 aromatic carbocycles. The predicted octanol–water partition coefficient (Wildman–Crippen LogP) is -1.23. The molecule has 3 N–H and O–H groups in total. The number of amides is 1. The highest BCUT2D eigenvalue weighted by atomic mass is 32.2. The maximum absolute atomic E-state index is 10.3. The lowest BCUT2D eigenvalue weighted by Gasteiger charge is -2.01. The first-order valence-corrected chi connectivity index (χ1v) is 4.28. The molecule has 0 aliphatic rings. The lowest BCUT2D eigenvalue weighted by atomic mass is 10.2. The van der Waals surface area contributed by atoms with Crippen LogP contribution >= 0.6 is 0 Å². The van der Waals surface area contributed by atoms with E-state index < -0.39 is 28.4 Å². The molecule has 0 aliphatic carbocycles. The highest BCUT2D eigenvalue weighted by molar-refractivity contribution is 7.61. The van der Waals surface area contributed by atoms with Gasteiger partial charge in [0.15, 0.2) is 6.04 Å². The molecule has 8 heteroatoms. The molecular formula is C5H8N2O5S. The van der Waals surface area contributed by atoms with Gasteiger partial charge in [0.25, 0.3) is 0 Å². The van der Waals surface area contributed by atoms with Gasteiger partial charge in [-0.3, -0.25) is 4.79 Å². The highest BCUT2D eigenvalue weighted by Gasteiger charge is 2.17. The fourth-order valence-corrected chi connectivity index (χ4v) is 1.01. The molecule has 0 fully saturated rings. The maximum atomic E-state index is 10.3. The van der Waals surface area contributed by atoms with Crippen LogP contribution in [-0.2, 0) is 20.1 Å². The molecule has 0 aromatic heterocycles. The number of carbonyl (C=O) groups excluding carboxylic acids is 1. The summed E-state index contributed by atoms with van der Waals surface area (Å²) >= 11 is 0. The molecule has 0 unspecified atom stereocenters. The van der Waals surface area contributed by atoms with Gasteiger partial charge in [-0.1, -0.05) is 0 Å². The molecule has 0 aliphatic heterocycles. The summed E-state index contributed by atoms with van der Waals surface area (Å²) in [5.41, 5.74) is 4.74. The van der Waals surface area contributed by atoms with Crippen LogP contribution in [0.4, 0.5) is 0 Å². The Bertz CT molecular complexity index is 325. The minimum atomic E-state index is -2.79. The van der Waals surface area contributed by atoms with Crippen molar-refractivity contribution >= 4 is 22.4 Å². The Kier molecular flexibility index (Phi) is 4.67. The van der Waals surface area contributed by atoms with Crippen molar-refractivity contribution in [2.45, 2.75) is 18.9 Å². The molecule has 0 rings (SSSR count). The first-order chi connectivity index (χ1) is 5.93. The molecule has 0 radical (unpaired) electrons. The molecule has 0 spiro atoms. The zero-order valence-corrected chi connectivity index (χ0v) is 7.32. The number of hydrogen-bond acceptors (Lipinski definition) is 5. The SMILES string of the molecule is NC(=O)CC[C@H](N=S(=O)=O)C(=O)O. The van der Waals surface area contributed by atoms with Crippen molar-refractivity contribution in [3.8, 4) is 0 Å². The van der Waals surface area contributed by atoms with E-state index in [0.29, 0.717) is 0 Å². The second kappa shape index (κ2) is 5.25. The Balaban J connectivity index is 4.37. The molecule has 0 saturated heterocycles. The van der Waals surface area contributed by atoms with Crippen LogP contribution in [0.1, 0.15) is 12.8 Å². The summed E-state index contributed by atoms with van der Waals surface area (Å²) in [6, 6.07) is -1.43. The molecule has 7 nitrogen and oxygen atoms in total. The molecule has 0 heterocycles. The number of nitrogens with zero attached hydrogens (tertiary/aromatic N) is 1. The van der Waals surface area contributed by atoms with Gasteiger partial charge in [-0.15, -0.1) is 0 Å². The van der Waals surface area contributed by atoms with E-state index in [0.717, 1.165) is 0 Å². The molecule has 0 saturated carbocycles. The van der Waals surface area contributed by atoms with Gasteiger partial charge in [0.1, 0.15) is 0 Å². The predicted molar refractivity (Wildman–Crippen MR) is 41.2 cm³/mol. The molecule has 0 aromatic rings. The number of carboxylic acid groups (broad SMARTS) is 1. The lowest BCUT2D eigenvalue weighted by molar-refractivity contribution is -0.138. The number of carbonyl (C=O) groups is 2. The van der Waals surface area contributed by atoms with Crippen molar-refractivity contribution in [3.05, 3.63) is 0 Å². The van der Waals surface area contributed by atoms with E-state index in [1.165, 1.54) is 0 Å². The molecule has 13 heavy (non-hydrogen) atoms. The standard InChI is InChI=1S/C5H8N2O5S/c6-4(8)2-1-3(5(9)10)7-13(11)12/h3H,1-2H2,(H2,6,8)(H,9,10)/t3-/m0/s1. The highest BCUT2D eigenvalue weighted by Crippen LogP contribution is 2.01. The van der Waals surface area contributed by atoms with E-state index in [4.69, 9.17) is 10.8 Å². The third kappa shape index (κ3) is 5.79. The Hall–Kier alpha value is -1.44. The van der Waals surface area contributed by atoms with Gasteiger partial charge in [-0.2, -0.15) is 12.8 Å². The van der Waals surface area contributed by atoms with Crippen molar-refractivity contribution in [1.82, 2.24) is 0 Å². The van der Waals surface area contributed by atoms with Crippen LogP contribution in [0.15, 0.2) is 4.36 Å². The fourth-order valence-electron chi connectivity index (χ4n) is 0.604. The fraction of sp³-hybridized carbons (Fsp3) is 0.600. The monoisotopic (exact) mass is 208 g/mol. The second-order valence-corrected chi connectivity index (χ2v) is 2.83. The van der Waals surface area contributed by atoms with E-state index in [1.807, 2.05) is 0 Å². The number of carboxylic acids is 1. The Morgan fingerprint density at radius 3 is 2.31 bits per heavy atom. The van der Waals surface area contributed by atoms with E-state index in [1.54, 1.807) is 0 Å². The van der Waals surface area contributed by atoms with Crippen molar-refractivity contribution in [3.63, 3.8) is 0 Å². The van der Waals surface area contributed by atoms with E-state index in [9.17, 15) is 18.0 Å². The van der Waals surface area contributed by atoms with Gasteiger partial charge in [0, 0.05) is 6.42 Å². The number of rotatable bonds is 5. The average Bonchev–Trinajstić information content (AvgIpc) is 1.96. The zero-order chi connectivity index (χ0) is 10.4. The summed E-state index contributed by atoms with van der Waals surface area (Å²) in [5.74, 6) is -2.09. The van der Waals surface area contributed by atoms with Crippen LogP contribution in [0.2, 0.25) is 0 Å². The summed E-state index contributed by atoms with van der Waals surface area (Å²) in [4.78, 5) is 20.6. The summed E-state index contributed by atoms with van der Waals surface area (Å²) in [6.07, 6.45) is -0.420. The summed E-state index contributed by atoms with van der Waals surface area (Å²) in [7, 11) is -2.79. The Labute approximate surface area is 75.2 Å². The first-order valence-electron chi connectivity index (χ1n) is 3.25. The van der Waals surface area contributed by atoms with Gasteiger partial charge >= 0.3 is 16.5 Å². The minimum Gasteiger partial charge on any atom is -0.480 e. The van der Waals surface area contributed by atoms with Crippen LogP contribution in [0.3, 0.4) is 0 Å². The van der Waals surface area contributed by atoms with Crippen LogP contribution in [0, 0.1) is 0 Å². The van der Waals surface area contributed by atoms with Gasteiger partial charge in [0.2, 0.25) is 5.91 Å². The summed E-state index contributed by atoms with van der Waals surface area (Å²) < 4.78 is 22.9. The first kappa shape index (κ1) is 11.6. The molecular weight excluding hydrogens is 200 g/mol. The number of nitrogens with two attached hydrogens (primary N) is 1. The zero-order valence-electron chi connectivity index (χ0n) is 6.50. The van der Waals surface area contributed by atoms with Crippen LogP contribution in [0.25, 0.3) is 0 Å². The number of hydrogen-bond donors (Lipinski definition) is 2. The minimum absolute atomic E-state index is 0.210. The average molecular weight is 208 g/mol. The van der Waals surface area contributed by atoms with E-state index in [2.05, 4.69) is 4.36 Å². The summed E-state index contributed by atoms with van der Waals surface area (Å²) in [5, 5.41) is 8.42. The van der Waals surface area contributed by atoms with Gasteiger partial charge in [-0.05, 0) is 6.42 Å². The molecule has 0 bridgehead atoms. The van der Waals surface area contributed by atoms with Crippen molar-refractivity contribution < 1.29 is 23.1 Å². The third-order valence-corrected chi connectivity index (χ3v) is 1.59. The second-order valence-electron chi connectivity index (χ2n) is 2.18. The van der Waals surface area contributed by atoms with E-state index in [-0.39, 0.29) is 12.8 Å². The maximum Gasteiger partial charge on any atom is 0.329 e. The summed E-state index contributed by atoms with van der Waals surface area (Å²) in [6.45, 7) is 0.